The van der Waals surface area contributed by atoms with Crippen LogP contribution in [0.15, 0.2) is 4.42 Å². The number of hydrogen-bond acceptors (Lipinski definition) is 4. The monoisotopic (exact) mass is 261 g/mol. The lowest BCUT2D eigenvalue weighted by atomic mass is 10.4. The van der Waals surface area contributed by atoms with Crippen LogP contribution < -0.4 is 5.32 Å². The molecule has 5 heteroatoms. The summed E-state index contributed by atoms with van der Waals surface area (Å²) in [5, 5.41) is 2.89. The quantitative estimate of drug-likeness (QED) is 0.873. The highest BCUT2D eigenvalue weighted by Crippen LogP contribution is 2.33. The molecule has 1 aromatic rings. The molecule has 19 heavy (non-hydrogen) atoms. The van der Waals surface area contributed by atoms with Crippen molar-refractivity contribution in [3.05, 3.63) is 17.3 Å². The lowest BCUT2D eigenvalue weighted by molar-refractivity contribution is 0.0912. The summed E-state index contributed by atoms with van der Waals surface area (Å²) in [5.74, 6) is 2.54. The molecule has 1 N–H and O–H groups in total. The number of oxazole rings is 1. The van der Waals surface area contributed by atoms with Crippen molar-refractivity contribution in [2.45, 2.75) is 38.8 Å². The van der Waals surface area contributed by atoms with E-state index < -0.39 is 0 Å². The number of carbonyl (C=O) groups excluding carboxylic acids is 1. The maximum Gasteiger partial charge on any atom is 0.307 e. The summed E-state index contributed by atoms with van der Waals surface area (Å²) >= 11 is 0. The minimum absolute atomic E-state index is 0.157. The van der Waals surface area contributed by atoms with Gasteiger partial charge in [-0.05, 0) is 37.5 Å². The molecule has 102 valence electrons. The van der Waals surface area contributed by atoms with E-state index in [1.807, 2.05) is 0 Å². The first kappa shape index (κ1) is 11.5. The van der Waals surface area contributed by atoms with Gasteiger partial charge < -0.3 is 9.73 Å². The molecule has 2 aliphatic carbocycles. The van der Waals surface area contributed by atoms with Crippen molar-refractivity contribution in [3.63, 3.8) is 0 Å². The molecule has 0 radical (unpaired) electrons. The number of amides is 1. The van der Waals surface area contributed by atoms with Gasteiger partial charge in [-0.25, -0.2) is 4.98 Å². The van der Waals surface area contributed by atoms with Crippen molar-refractivity contribution >= 4 is 5.91 Å². The Labute approximate surface area is 112 Å². The Balaban J connectivity index is 1.36. The average Bonchev–Trinajstić information content (AvgIpc) is 3.26. The highest BCUT2D eigenvalue weighted by Gasteiger charge is 2.32. The third-order valence-corrected chi connectivity index (χ3v) is 4.17. The van der Waals surface area contributed by atoms with Crippen LogP contribution in [0.4, 0.5) is 0 Å². The smallest absolute Gasteiger partial charge is 0.307 e. The standard InChI is InChI=1S/C14H19N3O2/c18-13(15-5-9-1-2-9)14-16-11-7-17(6-10-3-4-10)8-12(11)19-14/h9-10H,1-8H2,(H,15,18). The zero-order valence-corrected chi connectivity index (χ0v) is 11.0. The van der Waals surface area contributed by atoms with Crippen LogP contribution in [0, 0.1) is 11.8 Å². The van der Waals surface area contributed by atoms with Gasteiger partial charge in [0.1, 0.15) is 5.76 Å². The molecular weight excluding hydrogens is 242 g/mol. The summed E-state index contributed by atoms with van der Waals surface area (Å²) in [6.45, 7) is 3.56. The molecule has 0 saturated heterocycles. The molecule has 5 nitrogen and oxygen atoms in total. The van der Waals surface area contributed by atoms with Crippen LogP contribution in [-0.4, -0.2) is 28.9 Å². The molecule has 2 fully saturated rings. The number of nitrogens with one attached hydrogen (secondary N) is 1. The highest BCUT2D eigenvalue weighted by atomic mass is 16.4. The number of aromatic nitrogens is 1. The Morgan fingerprint density at radius 2 is 2.05 bits per heavy atom. The van der Waals surface area contributed by atoms with E-state index in [0.717, 1.165) is 43.6 Å². The molecule has 0 bridgehead atoms. The van der Waals surface area contributed by atoms with Gasteiger partial charge in [0.25, 0.3) is 5.89 Å². The molecular formula is C14H19N3O2. The Morgan fingerprint density at radius 3 is 2.74 bits per heavy atom. The minimum Gasteiger partial charge on any atom is -0.436 e. The number of hydrogen-bond donors (Lipinski definition) is 1. The van der Waals surface area contributed by atoms with Crippen LogP contribution in [0.1, 0.15) is 47.8 Å². The van der Waals surface area contributed by atoms with E-state index in [-0.39, 0.29) is 11.8 Å². The summed E-state index contributed by atoms with van der Waals surface area (Å²) in [6, 6.07) is 0. The first-order valence-electron chi connectivity index (χ1n) is 7.27. The Bertz CT molecular complexity index is 479. The summed E-state index contributed by atoms with van der Waals surface area (Å²) in [4.78, 5) is 18.6. The van der Waals surface area contributed by atoms with Crippen LogP contribution in [0.3, 0.4) is 0 Å². The third-order valence-electron chi connectivity index (χ3n) is 4.17. The molecule has 1 aliphatic heterocycles. The van der Waals surface area contributed by atoms with Gasteiger partial charge in [-0.15, -0.1) is 0 Å². The van der Waals surface area contributed by atoms with Gasteiger partial charge in [-0.2, -0.15) is 0 Å². The second-order valence-corrected chi connectivity index (χ2v) is 6.16. The van der Waals surface area contributed by atoms with Gasteiger partial charge in [-0.3, -0.25) is 9.69 Å². The molecule has 1 aromatic heterocycles. The average molecular weight is 261 g/mol. The maximum atomic E-state index is 11.9. The molecule has 3 aliphatic rings. The number of fused-ring (bicyclic) bond motifs is 1. The third kappa shape index (κ3) is 2.52. The molecule has 2 heterocycles. The summed E-state index contributed by atoms with van der Waals surface area (Å²) in [6.07, 6.45) is 5.19. The highest BCUT2D eigenvalue weighted by molar-refractivity contribution is 5.89. The Hall–Kier alpha value is -1.36. The molecule has 0 atom stereocenters. The second-order valence-electron chi connectivity index (χ2n) is 6.16. The minimum atomic E-state index is -0.157. The van der Waals surface area contributed by atoms with E-state index in [9.17, 15) is 4.79 Å². The summed E-state index contributed by atoms with van der Waals surface area (Å²) in [7, 11) is 0. The van der Waals surface area contributed by atoms with E-state index >= 15 is 0 Å². The molecule has 1 amide bonds. The molecule has 2 saturated carbocycles. The van der Waals surface area contributed by atoms with Crippen molar-refractivity contribution in [3.8, 4) is 0 Å². The van der Waals surface area contributed by atoms with Crippen LogP contribution in [0.5, 0.6) is 0 Å². The number of nitrogens with zero attached hydrogens (tertiary/aromatic N) is 2. The SMILES string of the molecule is O=C(NCC1CC1)c1nc2c(o1)CN(CC1CC1)C2. The fourth-order valence-electron chi connectivity index (χ4n) is 2.63. The topological polar surface area (TPSA) is 58.4 Å². The zero-order valence-electron chi connectivity index (χ0n) is 11.0. The van der Waals surface area contributed by atoms with Gasteiger partial charge >= 0.3 is 5.91 Å². The number of carbonyl (C=O) groups is 1. The van der Waals surface area contributed by atoms with Crippen LogP contribution in [-0.2, 0) is 13.1 Å². The van der Waals surface area contributed by atoms with E-state index in [1.54, 1.807) is 0 Å². The lowest BCUT2D eigenvalue weighted by Gasteiger charge is -2.12. The van der Waals surface area contributed by atoms with Crippen molar-refractivity contribution in [2.24, 2.45) is 11.8 Å². The zero-order chi connectivity index (χ0) is 12.8. The second kappa shape index (κ2) is 4.34. The van der Waals surface area contributed by atoms with Gasteiger partial charge in [-0.1, -0.05) is 0 Å². The largest absolute Gasteiger partial charge is 0.436 e. The molecule has 0 unspecified atom stereocenters. The van der Waals surface area contributed by atoms with E-state index in [0.29, 0.717) is 5.92 Å². The van der Waals surface area contributed by atoms with Crippen molar-refractivity contribution in [1.82, 2.24) is 15.2 Å². The predicted molar refractivity (Wildman–Crippen MR) is 68.4 cm³/mol. The van der Waals surface area contributed by atoms with Gasteiger partial charge in [0.05, 0.1) is 12.2 Å². The first-order valence-corrected chi connectivity index (χ1v) is 7.27. The maximum absolute atomic E-state index is 11.9. The fraction of sp³-hybridized carbons (Fsp3) is 0.714. The predicted octanol–water partition coefficient (Wildman–Crippen LogP) is 1.54. The van der Waals surface area contributed by atoms with E-state index in [1.165, 1.54) is 25.7 Å². The van der Waals surface area contributed by atoms with Crippen molar-refractivity contribution in [2.75, 3.05) is 13.1 Å². The van der Waals surface area contributed by atoms with E-state index in [4.69, 9.17) is 4.42 Å². The summed E-state index contributed by atoms with van der Waals surface area (Å²) < 4.78 is 5.61. The normalized spacial score (nSPS) is 22.5. The van der Waals surface area contributed by atoms with Crippen LogP contribution in [0.2, 0.25) is 0 Å². The van der Waals surface area contributed by atoms with Gasteiger partial charge in [0.2, 0.25) is 0 Å². The van der Waals surface area contributed by atoms with Crippen LogP contribution >= 0.6 is 0 Å². The van der Waals surface area contributed by atoms with Crippen molar-refractivity contribution < 1.29 is 9.21 Å². The number of rotatable bonds is 5. The Morgan fingerprint density at radius 1 is 1.26 bits per heavy atom. The molecule has 0 spiro atoms. The van der Waals surface area contributed by atoms with Crippen LogP contribution in [0.25, 0.3) is 0 Å². The first-order chi connectivity index (χ1) is 9.28. The Kier molecular flexibility index (Phi) is 2.62. The molecule has 0 aromatic carbocycles. The van der Waals surface area contributed by atoms with Gasteiger partial charge in [0.15, 0.2) is 0 Å². The van der Waals surface area contributed by atoms with Gasteiger partial charge in [0, 0.05) is 19.6 Å². The fourth-order valence-corrected chi connectivity index (χ4v) is 2.63. The van der Waals surface area contributed by atoms with Crippen molar-refractivity contribution in [1.29, 1.82) is 0 Å². The molecule has 4 rings (SSSR count). The summed E-state index contributed by atoms with van der Waals surface area (Å²) in [5.41, 5.74) is 0.956. The lowest BCUT2D eigenvalue weighted by Crippen LogP contribution is -2.26. The van der Waals surface area contributed by atoms with E-state index in [2.05, 4.69) is 15.2 Å².